The van der Waals surface area contributed by atoms with Crippen LogP contribution in [0.1, 0.15) is 22.3 Å². The highest BCUT2D eigenvalue weighted by Crippen LogP contribution is 2.30. The Morgan fingerprint density at radius 2 is 2.09 bits per heavy atom. The van der Waals surface area contributed by atoms with Gasteiger partial charge in [0.25, 0.3) is 5.91 Å². The number of fused-ring (bicyclic) bond motifs is 1. The summed E-state index contributed by atoms with van der Waals surface area (Å²) in [4.78, 5) is 13.4. The number of nitrogens with one attached hydrogen (secondary N) is 1. The van der Waals surface area contributed by atoms with Gasteiger partial charge in [-0.1, -0.05) is 35.9 Å². The van der Waals surface area contributed by atoms with Crippen LogP contribution in [-0.4, -0.2) is 22.1 Å². The van der Waals surface area contributed by atoms with Gasteiger partial charge in [-0.25, -0.2) is 0 Å². The molecule has 1 atom stereocenters. The maximum absolute atomic E-state index is 12.5. The van der Waals surface area contributed by atoms with Gasteiger partial charge in [0.1, 0.15) is 11.3 Å². The third-order valence-electron chi connectivity index (χ3n) is 3.91. The van der Waals surface area contributed by atoms with Crippen molar-refractivity contribution in [2.75, 3.05) is 6.54 Å². The molecule has 2 N–H and O–H groups in total. The molecule has 1 aromatic carbocycles. The molecule has 0 saturated heterocycles. The summed E-state index contributed by atoms with van der Waals surface area (Å²) in [6.07, 6.45) is 0. The zero-order valence-corrected chi connectivity index (χ0v) is 14.4. The van der Waals surface area contributed by atoms with Crippen molar-refractivity contribution in [1.29, 1.82) is 0 Å². The average Bonchev–Trinajstić information content (AvgIpc) is 3.15. The molecule has 4 nitrogen and oxygen atoms in total. The molecule has 0 aliphatic carbocycles. The average molecular weight is 349 g/mol. The van der Waals surface area contributed by atoms with Crippen molar-refractivity contribution in [1.82, 2.24) is 9.88 Å². The molecule has 0 radical (unpaired) electrons. The second-order valence-electron chi connectivity index (χ2n) is 5.67. The molecule has 0 aliphatic heterocycles. The number of aliphatic hydroxyl groups is 1. The van der Waals surface area contributed by atoms with Gasteiger partial charge in [-0.2, -0.15) is 0 Å². The van der Waals surface area contributed by atoms with Gasteiger partial charge >= 0.3 is 0 Å². The topological polar surface area (TPSA) is 54.3 Å². The summed E-state index contributed by atoms with van der Waals surface area (Å²) in [6, 6.07) is 11.3. The van der Waals surface area contributed by atoms with E-state index in [1.165, 1.54) is 11.3 Å². The number of nitrogens with zero attached hydrogens (tertiary/aromatic N) is 1. The second-order valence-corrected chi connectivity index (χ2v) is 7.00. The first-order chi connectivity index (χ1) is 10.9. The fourth-order valence-corrected chi connectivity index (χ4v) is 3.77. The fourth-order valence-electron chi connectivity index (χ4n) is 2.61. The lowest BCUT2D eigenvalue weighted by Gasteiger charge is -2.22. The molecule has 1 unspecified atom stereocenters. The van der Waals surface area contributed by atoms with Crippen LogP contribution in [-0.2, 0) is 12.6 Å². The maximum Gasteiger partial charge on any atom is 0.269 e. The molecule has 3 aromatic rings. The molecule has 23 heavy (non-hydrogen) atoms. The number of halogens is 1. The summed E-state index contributed by atoms with van der Waals surface area (Å²) in [5, 5.41) is 16.4. The molecule has 0 bridgehead atoms. The first-order valence-corrected chi connectivity index (χ1v) is 8.45. The van der Waals surface area contributed by atoms with Crippen molar-refractivity contribution >= 4 is 39.7 Å². The standard InChI is InChI=1S/C17H17ClN2O2S/c1-17(22,13-8-5-9-23-13)10-19-16(21)15-14(18)11-6-3-4-7-12(11)20(15)2/h3-9,22H,10H2,1-2H3,(H,19,21). The van der Waals surface area contributed by atoms with Gasteiger partial charge in [0.05, 0.1) is 11.6 Å². The smallest absolute Gasteiger partial charge is 0.269 e. The second kappa shape index (κ2) is 6.00. The van der Waals surface area contributed by atoms with Crippen molar-refractivity contribution in [2.45, 2.75) is 12.5 Å². The molecular weight excluding hydrogens is 332 g/mol. The third-order valence-corrected chi connectivity index (χ3v) is 5.41. The molecule has 3 rings (SSSR count). The molecule has 0 spiro atoms. The SMILES string of the molecule is Cn1c(C(=O)NCC(C)(O)c2cccs2)c(Cl)c2ccccc21. The van der Waals surface area contributed by atoms with Gasteiger partial charge in [-0.3, -0.25) is 4.79 Å². The van der Waals surface area contributed by atoms with E-state index < -0.39 is 5.60 Å². The number of carbonyl (C=O) groups is 1. The monoisotopic (exact) mass is 348 g/mol. The number of aryl methyl sites for hydroxylation is 1. The lowest BCUT2D eigenvalue weighted by atomic mass is 10.1. The van der Waals surface area contributed by atoms with Crippen molar-refractivity contribution in [3.8, 4) is 0 Å². The van der Waals surface area contributed by atoms with Gasteiger partial charge < -0.3 is 15.0 Å². The Hall–Kier alpha value is -1.82. The predicted octanol–water partition coefficient (Wildman–Crippen LogP) is 3.53. The predicted molar refractivity (Wildman–Crippen MR) is 94.2 cm³/mol. The highest BCUT2D eigenvalue weighted by atomic mass is 35.5. The van der Waals surface area contributed by atoms with Gasteiger partial charge in [-0.05, 0) is 24.4 Å². The number of aromatic nitrogens is 1. The molecule has 0 fully saturated rings. The Morgan fingerprint density at radius 1 is 1.35 bits per heavy atom. The summed E-state index contributed by atoms with van der Waals surface area (Å²) < 4.78 is 1.77. The summed E-state index contributed by atoms with van der Waals surface area (Å²) in [5.41, 5.74) is 0.184. The maximum atomic E-state index is 12.5. The minimum absolute atomic E-state index is 0.115. The number of carbonyl (C=O) groups excluding carboxylic acids is 1. The quantitative estimate of drug-likeness (QED) is 0.757. The third kappa shape index (κ3) is 2.87. The summed E-state index contributed by atoms with van der Waals surface area (Å²) >= 11 is 7.82. The Labute approximate surface area is 143 Å². The van der Waals surface area contributed by atoms with Crippen LogP contribution in [0.25, 0.3) is 10.9 Å². The number of benzene rings is 1. The molecule has 2 heterocycles. The van der Waals surface area contributed by atoms with Crippen LogP contribution in [0.3, 0.4) is 0 Å². The zero-order valence-electron chi connectivity index (χ0n) is 12.8. The zero-order chi connectivity index (χ0) is 16.6. The number of amides is 1. The Morgan fingerprint density at radius 3 is 2.74 bits per heavy atom. The van der Waals surface area contributed by atoms with Crippen LogP contribution in [0, 0.1) is 0 Å². The molecule has 1 amide bonds. The summed E-state index contributed by atoms with van der Waals surface area (Å²) in [5.74, 6) is -0.300. The number of hydrogen-bond donors (Lipinski definition) is 2. The minimum atomic E-state index is -1.11. The molecule has 0 aliphatic rings. The van der Waals surface area contributed by atoms with Crippen molar-refractivity contribution < 1.29 is 9.90 Å². The van der Waals surface area contributed by atoms with Gasteiger partial charge in [0.15, 0.2) is 0 Å². The molecular formula is C17H17ClN2O2S. The van der Waals surface area contributed by atoms with E-state index in [0.717, 1.165) is 15.8 Å². The number of rotatable bonds is 4. The number of para-hydroxylation sites is 1. The normalized spacial score (nSPS) is 13.9. The van der Waals surface area contributed by atoms with Crippen LogP contribution in [0.4, 0.5) is 0 Å². The van der Waals surface area contributed by atoms with Gasteiger partial charge in [0.2, 0.25) is 0 Å². The fraction of sp³-hybridized carbons (Fsp3) is 0.235. The van der Waals surface area contributed by atoms with E-state index in [9.17, 15) is 9.90 Å². The number of hydrogen-bond acceptors (Lipinski definition) is 3. The van der Waals surface area contributed by atoms with Crippen LogP contribution >= 0.6 is 22.9 Å². The molecule has 6 heteroatoms. The largest absolute Gasteiger partial charge is 0.383 e. The van der Waals surface area contributed by atoms with E-state index >= 15 is 0 Å². The lowest BCUT2D eigenvalue weighted by Crippen LogP contribution is -2.38. The van der Waals surface area contributed by atoms with Crippen LogP contribution < -0.4 is 5.32 Å². The van der Waals surface area contributed by atoms with Crippen LogP contribution in [0.2, 0.25) is 5.02 Å². The summed E-state index contributed by atoms with van der Waals surface area (Å²) in [7, 11) is 1.81. The minimum Gasteiger partial charge on any atom is -0.383 e. The van der Waals surface area contributed by atoms with E-state index in [4.69, 9.17) is 11.6 Å². The van der Waals surface area contributed by atoms with Crippen molar-refractivity contribution in [2.24, 2.45) is 7.05 Å². The Kier molecular flexibility index (Phi) is 4.19. The van der Waals surface area contributed by atoms with E-state index in [1.54, 1.807) is 18.5 Å². The lowest BCUT2D eigenvalue weighted by molar-refractivity contribution is 0.0554. The van der Waals surface area contributed by atoms with Crippen molar-refractivity contribution in [3.05, 3.63) is 57.4 Å². The number of thiophene rings is 1. The van der Waals surface area contributed by atoms with E-state index in [2.05, 4.69) is 5.32 Å². The first-order valence-electron chi connectivity index (χ1n) is 7.19. The van der Waals surface area contributed by atoms with Crippen LogP contribution in [0.15, 0.2) is 41.8 Å². The van der Waals surface area contributed by atoms with E-state index in [1.807, 2.05) is 41.8 Å². The highest BCUT2D eigenvalue weighted by molar-refractivity contribution is 7.10. The first kappa shape index (κ1) is 16.1. The highest BCUT2D eigenvalue weighted by Gasteiger charge is 2.27. The molecule has 2 aromatic heterocycles. The Bertz CT molecular complexity index is 814. The van der Waals surface area contributed by atoms with E-state index in [-0.39, 0.29) is 12.5 Å². The van der Waals surface area contributed by atoms with Gasteiger partial charge in [-0.15, -0.1) is 11.3 Å². The summed E-state index contributed by atoms with van der Waals surface area (Å²) in [6.45, 7) is 1.80. The Balaban J connectivity index is 1.84. The molecule has 0 saturated carbocycles. The van der Waals surface area contributed by atoms with Crippen LogP contribution in [0.5, 0.6) is 0 Å². The van der Waals surface area contributed by atoms with Crippen molar-refractivity contribution in [3.63, 3.8) is 0 Å². The molecule has 120 valence electrons. The van der Waals surface area contributed by atoms with Gasteiger partial charge in [0, 0.05) is 22.8 Å². The van der Waals surface area contributed by atoms with E-state index in [0.29, 0.717) is 10.7 Å².